The van der Waals surface area contributed by atoms with Crippen molar-refractivity contribution in [3.05, 3.63) is 59.7 Å². The lowest BCUT2D eigenvalue weighted by molar-refractivity contribution is -0.274. The van der Waals surface area contributed by atoms with Gasteiger partial charge in [-0.05, 0) is 41.8 Å². The van der Waals surface area contributed by atoms with Crippen molar-refractivity contribution in [1.29, 1.82) is 0 Å². The first-order valence-electron chi connectivity index (χ1n) is 9.29. The summed E-state index contributed by atoms with van der Waals surface area (Å²) in [6.45, 7) is 0.967. The summed E-state index contributed by atoms with van der Waals surface area (Å²) >= 11 is 0. The highest BCUT2D eigenvalue weighted by molar-refractivity contribution is 5.89. The van der Waals surface area contributed by atoms with Crippen molar-refractivity contribution in [2.45, 2.75) is 31.8 Å². The Bertz CT molecular complexity index is 883. The predicted octanol–water partition coefficient (Wildman–Crippen LogP) is 3.05. The molecule has 0 unspecified atom stereocenters. The van der Waals surface area contributed by atoms with Crippen LogP contribution in [0.3, 0.4) is 0 Å². The van der Waals surface area contributed by atoms with Gasteiger partial charge >= 0.3 is 6.36 Å². The van der Waals surface area contributed by atoms with Gasteiger partial charge in [0, 0.05) is 13.1 Å². The van der Waals surface area contributed by atoms with E-state index in [9.17, 15) is 22.8 Å². The monoisotopic (exact) mass is 422 g/mol. The van der Waals surface area contributed by atoms with Gasteiger partial charge in [-0.15, -0.1) is 13.2 Å². The molecule has 0 saturated carbocycles. The molecule has 0 aromatic heterocycles. The summed E-state index contributed by atoms with van der Waals surface area (Å²) in [6.07, 6.45) is -4.31. The standard InChI is InChI=1S/C21H21F3N2O4/c1-29-16-6-4-15(5-7-16)13-26-11-10-18(20(26)28)25-19(27)12-14-2-8-17(9-3-14)30-21(22,23)24/h2-9,18H,10-13H2,1H3,(H,25,27)/t18-/m0/s1. The van der Waals surface area contributed by atoms with Crippen molar-refractivity contribution in [3.63, 3.8) is 0 Å². The molecule has 30 heavy (non-hydrogen) atoms. The molecule has 9 heteroatoms. The average molecular weight is 422 g/mol. The van der Waals surface area contributed by atoms with E-state index in [1.807, 2.05) is 24.3 Å². The molecule has 1 saturated heterocycles. The van der Waals surface area contributed by atoms with Crippen LogP contribution in [0.1, 0.15) is 17.5 Å². The van der Waals surface area contributed by atoms with Crippen LogP contribution in [-0.2, 0) is 22.6 Å². The van der Waals surface area contributed by atoms with E-state index >= 15 is 0 Å². The summed E-state index contributed by atoms with van der Waals surface area (Å²) in [5.41, 5.74) is 1.47. The van der Waals surface area contributed by atoms with Crippen LogP contribution < -0.4 is 14.8 Å². The molecule has 3 rings (SSSR count). The maximum Gasteiger partial charge on any atom is 0.573 e. The Balaban J connectivity index is 1.50. The Morgan fingerprint density at radius 2 is 1.67 bits per heavy atom. The number of benzene rings is 2. The van der Waals surface area contributed by atoms with E-state index < -0.39 is 12.4 Å². The summed E-state index contributed by atoms with van der Waals surface area (Å²) in [7, 11) is 1.58. The molecule has 1 aliphatic heterocycles. The summed E-state index contributed by atoms with van der Waals surface area (Å²) < 4.78 is 45.5. The lowest BCUT2D eigenvalue weighted by Crippen LogP contribution is -2.41. The number of likely N-dealkylation sites (tertiary alicyclic amines) is 1. The first-order valence-corrected chi connectivity index (χ1v) is 9.29. The summed E-state index contributed by atoms with van der Waals surface area (Å²) in [5.74, 6) is -0.154. The summed E-state index contributed by atoms with van der Waals surface area (Å²) in [4.78, 5) is 26.5. The van der Waals surface area contributed by atoms with Gasteiger partial charge < -0.3 is 19.7 Å². The molecule has 2 aromatic carbocycles. The third-order valence-corrected chi connectivity index (χ3v) is 4.69. The molecule has 1 fully saturated rings. The quantitative estimate of drug-likeness (QED) is 0.745. The van der Waals surface area contributed by atoms with Gasteiger partial charge in [-0.25, -0.2) is 0 Å². The minimum atomic E-state index is -4.76. The molecule has 1 atom stereocenters. The lowest BCUT2D eigenvalue weighted by atomic mass is 10.1. The number of carbonyl (C=O) groups is 2. The highest BCUT2D eigenvalue weighted by Crippen LogP contribution is 2.23. The average Bonchev–Trinajstić information content (AvgIpc) is 3.02. The first kappa shape index (κ1) is 21.5. The molecule has 1 N–H and O–H groups in total. The van der Waals surface area contributed by atoms with Crippen LogP contribution in [0.25, 0.3) is 0 Å². The zero-order valence-electron chi connectivity index (χ0n) is 16.2. The normalized spacial score (nSPS) is 16.5. The highest BCUT2D eigenvalue weighted by atomic mass is 19.4. The zero-order valence-corrected chi connectivity index (χ0v) is 16.2. The first-order chi connectivity index (χ1) is 14.2. The van der Waals surface area contributed by atoms with Crippen molar-refractivity contribution in [2.24, 2.45) is 0 Å². The van der Waals surface area contributed by atoms with Gasteiger partial charge in [0.2, 0.25) is 11.8 Å². The number of halogens is 3. The van der Waals surface area contributed by atoms with Crippen LogP contribution in [0.4, 0.5) is 13.2 Å². The number of carbonyl (C=O) groups excluding carboxylic acids is 2. The number of nitrogens with one attached hydrogen (secondary N) is 1. The van der Waals surface area contributed by atoms with Crippen LogP contribution in [0.2, 0.25) is 0 Å². The SMILES string of the molecule is COc1ccc(CN2CC[C@H](NC(=O)Cc3ccc(OC(F)(F)F)cc3)C2=O)cc1. The van der Waals surface area contributed by atoms with E-state index in [0.717, 1.165) is 23.4 Å². The van der Waals surface area contributed by atoms with Crippen molar-refractivity contribution < 1.29 is 32.2 Å². The molecular weight excluding hydrogens is 401 g/mol. The number of alkyl halides is 3. The smallest absolute Gasteiger partial charge is 0.497 e. The van der Waals surface area contributed by atoms with Crippen LogP contribution in [0, 0.1) is 0 Å². The zero-order chi connectivity index (χ0) is 21.7. The Hall–Kier alpha value is -3.23. The van der Waals surface area contributed by atoms with Crippen LogP contribution in [-0.4, -0.2) is 42.8 Å². The number of hydrogen-bond donors (Lipinski definition) is 1. The Morgan fingerprint density at radius 1 is 1.07 bits per heavy atom. The predicted molar refractivity (Wildman–Crippen MR) is 102 cm³/mol. The molecule has 1 aliphatic rings. The minimum Gasteiger partial charge on any atom is -0.497 e. The number of amides is 2. The second-order valence-corrected chi connectivity index (χ2v) is 6.89. The van der Waals surface area contributed by atoms with E-state index in [4.69, 9.17) is 4.74 Å². The lowest BCUT2D eigenvalue weighted by Gasteiger charge is -2.17. The molecule has 160 valence electrons. The topological polar surface area (TPSA) is 67.9 Å². The van der Waals surface area contributed by atoms with Crippen LogP contribution in [0.5, 0.6) is 11.5 Å². The second kappa shape index (κ2) is 9.06. The third kappa shape index (κ3) is 5.88. The number of hydrogen-bond acceptors (Lipinski definition) is 4. The van der Waals surface area contributed by atoms with Crippen molar-refractivity contribution in [3.8, 4) is 11.5 Å². The fraction of sp³-hybridized carbons (Fsp3) is 0.333. The number of ether oxygens (including phenoxy) is 2. The molecule has 0 bridgehead atoms. The van der Waals surface area contributed by atoms with Crippen molar-refractivity contribution >= 4 is 11.8 Å². The van der Waals surface area contributed by atoms with E-state index in [1.165, 1.54) is 12.1 Å². The van der Waals surface area contributed by atoms with Gasteiger partial charge in [0.25, 0.3) is 0 Å². The third-order valence-electron chi connectivity index (χ3n) is 4.69. The van der Waals surface area contributed by atoms with Crippen molar-refractivity contribution in [1.82, 2.24) is 10.2 Å². The van der Waals surface area contributed by atoms with E-state index in [-0.39, 0.29) is 24.0 Å². The molecular formula is C21H21F3N2O4. The Morgan fingerprint density at radius 3 is 2.27 bits per heavy atom. The van der Waals surface area contributed by atoms with Gasteiger partial charge in [-0.2, -0.15) is 0 Å². The molecule has 0 aliphatic carbocycles. The minimum absolute atomic E-state index is 0.0471. The fourth-order valence-electron chi connectivity index (χ4n) is 3.22. The van der Waals surface area contributed by atoms with E-state index in [0.29, 0.717) is 25.1 Å². The van der Waals surface area contributed by atoms with Gasteiger partial charge in [-0.1, -0.05) is 24.3 Å². The Labute approximate surface area is 171 Å². The molecule has 1 heterocycles. The largest absolute Gasteiger partial charge is 0.573 e. The maximum absolute atomic E-state index is 12.6. The molecule has 0 spiro atoms. The van der Waals surface area contributed by atoms with Gasteiger partial charge in [-0.3, -0.25) is 9.59 Å². The van der Waals surface area contributed by atoms with Gasteiger partial charge in [0.1, 0.15) is 17.5 Å². The summed E-state index contributed by atoms with van der Waals surface area (Å²) in [5, 5.41) is 2.70. The van der Waals surface area contributed by atoms with Crippen LogP contribution >= 0.6 is 0 Å². The number of methoxy groups -OCH3 is 1. The van der Waals surface area contributed by atoms with Gasteiger partial charge in [0.05, 0.1) is 13.5 Å². The highest BCUT2D eigenvalue weighted by Gasteiger charge is 2.33. The molecule has 0 radical (unpaired) electrons. The van der Waals surface area contributed by atoms with Gasteiger partial charge in [0.15, 0.2) is 0 Å². The molecule has 6 nitrogen and oxygen atoms in total. The summed E-state index contributed by atoms with van der Waals surface area (Å²) in [6, 6.07) is 11.8. The van der Waals surface area contributed by atoms with E-state index in [2.05, 4.69) is 10.1 Å². The fourth-order valence-corrected chi connectivity index (χ4v) is 3.22. The number of nitrogens with zero attached hydrogens (tertiary/aromatic N) is 1. The van der Waals surface area contributed by atoms with Crippen LogP contribution in [0.15, 0.2) is 48.5 Å². The maximum atomic E-state index is 12.6. The van der Waals surface area contributed by atoms with Crippen molar-refractivity contribution in [2.75, 3.05) is 13.7 Å². The second-order valence-electron chi connectivity index (χ2n) is 6.89. The number of rotatable bonds is 7. The Kier molecular flexibility index (Phi) is 6.49. The van der Waals surface area contributed by atoms with E-state index in [1.54, 1.807) is 12.0 Å². The molecule has 2 aromatic rings. The molecule has 2 amide bonds.